The largest absolute Gasteiger partial charge is 0.356 e. The Kier molecular flexibility index (Phi) is 3.18. The summed E-state index contributed by atoms with van der Waals surface area (Å²) in [6.07, 6.45) is 6.06. The summed E-state index contributed by atoms with van der Waals surface area (Å²) in [4.78, 5) is 7.74. The van der Waals surface area contributed by atoms with E-state index in [4.69, 9.17) is 0 Å². The van der Waals surface area contributed by atoms with Crippen LogP contribution in [0.25, 0.3) is 11.0 Å². The lowest BCUT2D eigenvalue weighted by molar-refractivity contribution is 0.765. The van der Waals surface area contributed by atoms with Crippen molar-refractivity contribution in [3.63, 3.8) is 0 Å². The fourth-order valence-corrected chi connectivity index (χ4v) is 2.14. The smallest absolute Gasteiger partial charge is 0.201 e. The van der Waals surface area contributed by atoms with Gasteiger partial charge in [0.1, 0.15) is 0 Å². The van der Waals surface area contributed by atoms with E-state index in [1.165, 1.54) is 5.56 Å². The normalized spacial score (nSPS) is 11.0. The highest BCUT2D eigenvalue weighted by Crippen LogP contribution is 2.13. The average Bonchev–Trinajstić information content (AvgIpc) is 3.00. The molecule has 3 rings (SSSR count). The van der Waals surface area contributed by atoms with Crippen molar-refractivity contribution >= 4 is 17.0 Å². The van der Waals surface area contributed by atoms with Crippen molar-refractivity contribution in [3.8, 4) is 0 Å². The highest BCUT2D eigenvalue weighted by atomic mass is 15.2. The third-order valence-electron chi connectivity index (χ3n) is 3.08. The zero-order valence-corrected chi connectivity index (χ0v) is 10.9. The predicted octanol–water partition coefficient (Wildman–Crippen LogP) is 2.34. The van der Waals surface area contributed by atoms with E-state index in [1.807, 2.05) is 42.2 Å². The maximum Gasteiger partial charge on any atom is 0.201 e. The van der Waals surface area contributed by atoms with Crippen LogP contribution in [0.5, 0.6) is 0 Å². The van der Waals surface area contributed by atoms with E-state index >= 15 is 0 Å². The van der Waals surface area contributed by atoms with Crippen molar-refractivity contribution in [2.75, 3.05) is 11.9 Å². The van der Waals surface area contributed by atoms with Gasteiger partial charge in [0.2, 0.25) is 5.95 Å². The fraction of sp³-hybridized carbons (Fsp3) is 0.286. The molecule has 3 aromatic rings. The molecule has 0 radical (unpaired) electrons. The maximum atomic E-state index is 4.48. The van der Waals surface area contributed by atoms with Gasteiger partial charge in [-0.05, 0) is 30.5 Å². The Morgan fingerprint density at radius 2 is 2.21 bits per heavy atom. The first-order chi connectivity index (χ1) is 9.31. The molecule has 0 fully saturated rings. The number of H-pyrrole nitrogens is 1. The predicted molar refractivity (Wildman–Crippen MR) is 76.1 cm³/mol. The minimum Gasteiger partial charge on any atom is -0.356 e. The summed E-state index contributed by atoms with van der Waals surface area (Å²) in [5.74, 6) is 0.840. The van der Waals surface area contributed by atoms with Gasteiger partial charge in [0, 0.05) is 19.8 Å². The zero-order valence-electron chi connectivity index (χ0n) is 10.9. The number of aryl methyl sites for hydroxylation is 2. The number of benzene rings is 1. The lowest BCUT2D eigenvalue weighted by atomic mass is 10.2. The first kappa shape index (κ1) is 11.8. The third kappa shape index (κ3) is 2.76. The van der Waals surface area contributed by atoms with Crippen LogP contribution >= 0.6 is 0 Å². The van der Waals surface area contributed by atoms with Crippen molar-refractivity contribution in [1.29, 1.82) is 0 Å². The van der Waals surface area contributed by atoms with Crippen LogP contribution in [-0.2, 0) is 13.5 Å². The van der Waals surface area contributed by atoms with E-state index in [0.717, 1.165) is 36.4 Å². The van der Waals surface area contributed by atoms with Crippen LogP contribution in [0, 0.1) is 0 Å². The van der Waals surface area contributed by atoms with Crippen LogP contribution in [0.2, 0.25) is 0 Å². The first-order valence-corrected chi connectivity index (χ1v) is 6.47. The minimum absolute atomic E-state index is 0.840. The highest BCUT2D eigenvalue weighted by Gasteiger charge is 2.01. The molecule has 0 aliphatic carbocycles. The molecule has 2 N–H and O–H groups in total. The Bertz CT molecular complexity index is 634. The number of aromatic amines is 1. The molecule has 0 atom stereocenters. The molecule has 5 nitrogen and oxygen atoms in total. The molecule has 1 aromatic carbocycles. The van der Waals surface area contributed by atoms with E-state index in [-0.39, 0.29) is 0 Å². The molecular formula is C14H17N5. The Hall–Kier alpha value is -2.30. The molecule has 0 unspecified atom stereocenters. The van der Waals surface area contributed by atoms with Gasteiger partial charge in [-0.3, -0.25) is 4.68 Å². The second-order valence-corrected chi connectivity index (χ2v) is 4.66. The number of rotatable bonds is 5. The molecule has 0 aliphatic rings. The number of nitrogens with zero attached hydrogens (tertiary/aromatic N) is 3. The van der Waals surface area contributed by atoms with Gasteiger partial charge in [-0.15, -0.1) is 0 Å². The zero-order chi connectivity index (χ0) is 13.1. The van der Waals surface area contributed by atoms with E-state index in [1.54, 1.807) is 0 Å². The van der Waals surface area contributed by atoms with Crippen molar-refractivity contribution in [3.05, 3.63) is 42.2 Å². The van der Waals surface area contributed by atoms with E-state index in [9.17, 15) is 0 Å². The molecular weight excluding hydrogens is 238 g/mol. The second kappa shape index (κ2) is 5.14. The second-order valence-electron chi connectivity index (χ2n) is 4.66. The number of nitrogens with one attached hydrogen (secondary N) is 2. The molecule has 0 amide bonds. The van der Waals surface area contributed by atoms with Crippen LogP contribution in [0.1, 0.15) is 12.0 Å². The van der Waals surface area contributed by atoms with Gasteiger partial charge in [0.25, 0.3) is 0 Å². The van der Waals surface area contributed by atoms with Crippen molar-refractivity contribution in [2.45, 2.75) is 12.8 Å². The Labute approximate surface area is 111 Å². The number of hydrogen-bond donors (Lipinski definition) is 2. The van der Waals surface area contributed by atoms with E-state index in [0.29, 0.717) is 0 Å². The summed E-state index contributed by atoms with van der Waals surface area (Å²) in [5.41, 5.74) is 3.34. The summed E-state index contributed by atoms with van der Waals surface area (Å²) in [5, 5.41) is 7.48. The highest BCUT2D eigenvalue weighted by molar-refractivity contribution is 5.77. The summed E-state index contributed by atoms with van der Waals surface area (Å²) in [6.45, 7) is 0.898. The van der Waals surface area contributed by atoms with Crippen LogP contribution in [0.4, 0.5) is 5.95 Å². The van der Waals surface area contributed by atoms with E-state index in [2.05, 4.69) is 26.6 Å². The van der Waals surface area contributed by atoms with Crippen LogP contribution in [-0.4, -0.2) is 26.3 Å². The molecule has 98 valence electrons. The summed E-state index contributed by atoms with van der Waals surface area (Å²) < 4.78 is 1.84. The van der Waals surface area contributed by atoms with Gasteiger partial charge >= 0.3 is 0 Å². The SMILES string of the molecule is Cn1cc(CCCNc2nc3ccccc3[nH]2)cn1. The maximum absolute atomic E-state index is 4.48. The summed E-state index contributed by atoms with van der Waals surface area (Å²) in [6, 6.07) is 8.04. The number of para-hydroxylation sites is 2. The number of imidazole rings is 1. The minimum atomic E-state index is 0.840. The third-order valence-corrected chi connectivity index (χ3v) is 3.08. The summed E-state index contributed by atoms with van der Waals surface area (Å²) >= 11 is 0. The van der Waals surface area contributed by atoms with Crippen LogP contribution < -0.4 is 5.32 Å². The average molecular weight is 255 g/mol. The van der Waals surface area contributed by atoms with Crippen molar-refractivity contribution in [2.24, 2.45) is 7.05 Å². The topological polar surface area (TPSA) is 58.5 Å². The van der Waals surface area contributed by atoms with Gasteiger partial charge < -0.3 is 10.3 Å². The Morgan fingerprint density at radius 1 is 1.32 bits per heavy atom. The number of hydrogen-bond acceptors (Lipinski definition) is 3. The monoisotopic (exact) mass is 255 g/mol. The molecule has 2 aromatic heterocycles. The van der Waals surface area contributed by atoms with Crippen LogP contribution in [0.15, 0.2) is 36.7 Å². The van der Waals surface area contributed by atoms with Crippen LogP contribution in [0.3, 0.4) is 0 Å². The van der Waals surface area contributed by atoms with E-state index < -0.39 is 0 Å². The quantitative estimate of drug-likeness (QED) is 0.688. The van der Waals surface area contributed by atoms with Crippen molar-refractivity contribution < 1.29 is 0 Å². The molecule has 5 heteroatoms. The molecule has 0 bridgehead atoms. The number of aromatic nitrogens is 4. The standard InChI is InChI=1S/C14H17N5/c1-19-10-11(9-16-19)5-4-8-15-14-17-12-6-2-3-7-13(12)18-14/h2-3,6-7,9-10H,4-5,8H2,1H3,(H2,15,17,18). The van der Waals surface area contributed by atoms with Crippen molar-refractivity contribution in [1.82, 2.24) is 19.7 Å². The first-order valence-electron chi connectivity index (χ1n) is 6.47. The molecule has 0 saturated carbocycles. The van der Waals surface area contributed by atoms with Gasteiger partial charge in [-0.1, -0.05) is 12.1 Å². The van der Waals surface area contributed by atoms with Gasteiger partial charge in [-0.2, -0.15) is 5.10 Å². The molecule has 0 saturated heterocycles. The Balaban J connectivity index is 1.52. The molecule has 19 heavy (non-hydrogen) atoms. The lowest BCUT2D eigenvalue weighted by Crippen LogP contribution is -2.04. The van der Waals surface area contributed by atoms with Gasteiger partial charge in [-0.25, -0.2) is 4.98 Å². The molecule has 0 aliphatic heterocycles. The summed E-state index contributed by atoms with van der Waals surface area (Å²) in [7, 11) is 1.94. The van der Waals surface area contributed by atoms with Gasteiger partial charge in [0.15, 0.2) is 0 Å². The Morgan fingerprint density at radius 3 is 3.00 bits per heavy atom. The molecule has 0 spiro atoms. The molecule has 2 heterocycles. The lowest BCUT2D eigenvalue weighted by Gasteiger charge is -2.01. The van der Waals surface area contributed by atoms with Gasteiger partial charge in [0.05, 0.1) is 17.2 Å². The fourth-order valence-electron chi connectivity index (χ4n) is 2.14. The number of anilines is 1. The number of fused-ring (bicyclic) bond motifs is 1.